The van der Waals surface area contributed by atoms with E-state index in [0.717, 1.165) is 10.8 Å². The molecule has 0 saturated carbocycles. The number of likely N-dealkylation sites (N-methyl/N-ethyl adjacent to an activating group) is 1. The van der Waals surface area contributed by atoms with Crippen molar-refractivity contribution in [3.8, 4) is 0 Å². The maximum absolute atomic E-state index is 12.2. The van der Waals surface area contributed by atoms with Crippen LogP contribution in [0.15, 0.2) is 30.3 Å². The molecule has 0 saturated heterocycles. The van der Waals surface area contributed by atoms with Gasteiger partial charge in [0, 0.05) is 12.4 Å². The quantitative estimate of drug-likeness (QED) is 0.629. The van der Waals surface area contributed by atoms with Crippen LogP contribution in [-0.2, 0) is 9.53 Å². The summed E-state index contributed by atoms with van der Waals surface area (Å²) >= 11 is 6.19. The van der Waals surface area contributed by atoms with E-state index in [1.54, 1.807) is 26.8 Å². The summed E-state index contributed by atoms with van der Waals surface area (Å²) in [6, 6.07) is 8.34. The Balaban J connectivity index is 2.37. The van der Waals surface area contributed by atoms with Crippen LogP contribution in [0.2, 0.25) is 5.15 Å². The van der Waals surface area contributed by atoms with Crippen LogP contribution in [0, 0.1) is 0 Å². The fourth-order valence-electron chi connectivity index (χ4n) is 2.13. The van der Waals surface area contributed by atoms with Crippen LogP contribution in [0.5, 0.6) is 0 Å². The molecule has 1 aromatic heterocycles. The Morgan fingerprint density at radius 1 is 1.35 bits per heavy atom. The summed E-state index contributed by atoms with van der Waals surface area (Å²) in [7, 11) is 1.50. The zero-order valence-electron chi connectivity index (χ0n) is 13.5. The smallest absolute Gasteiger partial charge is 0.410 e. The van der Waals surface area contributed by atoms with E-state index in [4.69, 9.17) is 16.3 Å². The Kier molecular flexibility index (Phi) is 4.90. The Hall–Kier alpha value is -2.14. The zero-order chi connectivity index (χ0) is 17.2. The highest BCUT2D eigenvalue weighted by molar-refractivity contribution is 6.34. The van der Waals surface area contributed by atoms with Crippen molar-refractivity contribution in [3.63, 3.8) is 0 Å². The van der Waals surface area contributed by atoms with E-state index >= 15 is 0 Å². The van der Waals surface area contributed by atoms with Gasteiger partial charge in [0.15, 0.2) is 0 Å². The lowest BCUT2D eigenvalue weighted by Gasteiger charge is -2.27. The lowest BCUT2D eigenvalue weighted by molar-refractivity contribution is -0.112. The molecule has 0 aliphatic rings. The van der Waals surface area contributed by atoms with Crippen molar-refractivity contribution in [2.45, 2.75) is 32.4 Å². The number of hydrogen-bond acceptors (Lipinski definition) is 4. The van der Waals surface area contributed by atoms with Crippen LogP contribution in [0.25, 0.3) is 10.8 Å². The van der Waals surface area contributed by atoms with Crippen molar-refractivity contribution in [2.24, 2.45) is 0 Å². The van der Waals surface area contributed by atoms with Crippen LogP contribution < -0.4 is 0 Å². The molecule has 5 nitrogen and oxygen atoms in total. The Labute approximate surface area is 140 Å². The maximum atomic E-state index is 12.2. The average molecular weight is 335 g/mol. The Morgan fingerprint density at radius 3 is 2.61 bits per heavy atom. The molecule has 1 heterocycles. The van der Waals surface area contributed by atoms with Gasteiger partial charge in [0.05, 0.1) is 5.69 Å². The molecule has 0 fully saturated rings. The second kappa shape index (κ2) is 6.54. The van der Waals surface area contributed by atoms with E-state index in [-0.39, 0.29) is 0 Å². The number of aromatic nitrogens is 1. The van der Waals surface area contributed by atoms with Gasteiger partial charge in [-0.25, -0.2) is 9.78 Å². The third-order valence-corrected chi connectivity index (χ3v) is 3.53. The first-order chi connectivity index (χ1) is 10.7. The van der Waals surface area contributed by atoms with E-state index in [2.05, 4.69) is 4.98 Å². The fourth-order valence-corrected chi connectivity index (χ4v) is 2.40. The lowest BCUT2D eigenvalue weighted by Crippen LogP contribution is -2.37. The molecule has 0 bridgehead atoms. The molecule has 0 aliphatic carbocycles. The molecule has 1 aromatic carbocycles. The van der Waals surface area contributed by atoms with E-state index < -0.39 is 17.7 Å². The third kappa shape index (κ3) is 3.99. The van der Waals surface area contributed by atoms with Crippen LogP contribution >= 0.6 is 11.6 Å². The van der Waals surface area contributed by atoms with Crippen molar-refractivity contribution in [1.82, 2.24) is 9.88 Å². The standard InChI is InChI=1S/C17H19ClN2O3/c1-17(2,3)23-16(22)20(4)14(10-21)13-9-11-7-5-6-8-12(11)15(18)19-13/h5-10,14H,1-4H3. The lowest BCUT2D eigenvalue weighted by atomic mass is 10.1. The van der Waals surface area contributed by atoms with Crippen molar-refractivity contribution in [1.29, 1.82) is 0 Å². The first-order valence-electron chi connectivity index (χ1n) is 7.19. The number of halogens is 1. The molecule has 2 rings (SSSR count). The molecule has 1 amide bonds. The molecule has 0 spiro atoms. The fraction of sp³-hybridized carbons (Fsp3) is 0.353. The van der Waals surface area contributed by atoms with Gasteiger partial charge >= 0.3 is 6.09 Å². The van der Waals surface area contributed by atoms with Crippen molar-refractivity contribution in [2.75, 3.05) is 7.05 Å². The number of carbonyl (C=O) groups excluding carboxylic acids is 2. The van der Waals surface area contributed by atoms with Gasteiger partial charge in [-0.1, -0.05) is 35.9 Å². The number of amides is 1. The van der Waals surface area contributed by atoms with Gasteiger partial charge in [-0.3, -0.25) is 4.90 Å². The molecule has 0 aliphatic heterocycles. The number of benzene rings is 1. The van der Waals surface area contributed by atoms with Crippen LogP contribution in [0.3, 0.4) is 0 Å². The minimum Gasteiger partial charge on any atom is -0.444 e. The number of carbonyl (C=O) groups is 2. The number of pyridine rings is 1. The second-order valence-corrected chi connectivity index (χ2v) is 6.59. The summed E-state index contributed by atoms with van der Waals surface area (Å²) < 4.78 is 5.29. The topological polar surface area (TPSA) is 59.5 Å². The maximum Gasteiger partial charge on any atom is 0.410 e. The monoisotopic (exact) mass is 334 g/mol. The molecule has 2 aromatic rings. The van der Waals surface area contributed by atoms with Gasteiger partial charge in [0.25, 0.3) is 0 Å². The number of ether oxygens (including phenoxy) is 1. The minimum atomic E-state index is -0.869. The van der Waals surface area contributed by atoms with Gasteiger partial charge < -0.3 is 9.53 Å². The molecular formula is C17H19ClN2O3. The van der Waals surface area contributed by atoms with Gasteiger partial charge in [-0.2, -0.15) is 0 Å². The van der Waals surface area contributed by atoms with E-state index in [0.29, 0.717) is 17.1 Å². The van der Waals surface area contributed by atoms with Crippen molar-refractivity contribution >= 4 is 34.8 Å². The minimum absolute atomic E-state index is 0.294. The Bertz CT molecular complexity index is 740. The molecule has 1 atom stereocenters. The normalized spacial score (nSPS) is 12.7. The number of hydrogen-bond donors (Lipinski definition) is 0. The molecule has 1 unspecified atom stereocenters. The molecular weight excluding hydrogens is 316 g/mol. The van der Waals surface area contributed by atoms with Gasteiger partial charge in [0.2, 0.25) is 0 Å². The van der Waals surface area contributed by atoms with Crippen molar-refractivity contribution < 1.29 is 14.3 Å². The summed E-state index contributed by atoms with van der Waals surface area (Å²) in [6.07, 6.45) is 0.0536. The SMILES string of the molecule is CN(C(=O)OC(C)(C)C)C(C=O)c1cc2ccccc2c(Cl)n1. The first kappa shape index (κ1) is 17.2. The van der Waals surface area contributed by atoms with Crippen LogP contribution in [0.1, 0.15) is 32.5 Å². The summed E-state index contributed by atoms with van der Waals surface area (Å²) in [5.74, 6) is 0. The summed E-state index contributed by atoms with van der Waals surface area (Å²) in [6.45, 7) is 5.29. The summed E-state index contributed by atoms with van der Waals surface area (Å²) in [5, 5.41) is 1.94. The molecule has 0 radical (unpaired) electrons. The highest BCUT2D eigenvalue weighted by Crippen LogP contribution is 2.27. The largest absolute Gasteiger partial charge is 0.444 e. The van der Waals surface area contributed by atoms with Crippen LogP contribution in [0.4, 0.5) is 4.79 Å². The highest BCUT2D eigenvalue weighted by atomic mass is 35.5. The molecule has 23 heavy (non-hydrogen) atoms. The number of rotatable bonds is 3. The number of nitrogens with zero attached hydrogens (tertiary/aromatic N) is 2. The third-order valence-electron chi connectivity index (χ3n) is 3.24. The first-order valence-corrected chi connectivity index (χ1v) is 7.57. The predicted octanol–water partition coefficient (Wildman–Crippen LogP) is 4.00. The van der Waals surface area contributed by atoms with Gasteiger partial charge in [0.1, 0.15) is 23.1 Å². The highest BCUT2D eigenvalue weighted by Gasteiger charge is 2.27. The Morgan fingerprint density at radius 2 is 2.00 bits per heavy atom. The van der Waals surface area contributed by atoms with Gasteiger partial charge in [-0.05, 0) is 32.2 Å². The average Bonchev–Trinajstić information content (AvgIpc) is 2.46. The zero-order valence-corrected chi connectivity index (χ0v) is 14.3. The summed E-state index contributed by atoms with van der Waals surface area (Å²) in [5.41, 5.74) is -0.246. The predicted molar refractivity (Wildman–Crippen MR) is 89.6 cm³/mol. The number of fused-ring (bicyclic) bond motifs is 1. The molecule has 122 valence electrons. The van der Waals surface area contributed by atoms with Crippen LogP contribution in [-0.4, -0.2) is 34.9 Å². The van der Waals surface area contributed by atoms with Gasteiger partial charge in [-0.15, -0.1) is 0 Å². The number of aldehydes is 1. The van der Waals surface area contributed by atoms with E-state index in [1.165, 1.54) is 11.9 Å². The summed E-state index contributed by atoms with van der Waals surface area (Å²) in [4.78, 5) is 29.2. The molecule has 0 N–H and O–H groups in total. The molecule has 6 heteroatoms. The van der Waals surface area contributed by atoms with E-state index in [1.807, 2.05) is 24.3 Å². The van der Waals surface area contributed by atoms with Crippen molar-refractivity contribution in [3.05, 3.63) is 41.2 Å². The second-order valence-electron chi connectivity index (χ2n) is 6.23. The van der Waals surface area contributed by atoms with E-state index in [9.17, 15) is 9.59 Å².